The highest BCUT2D eigenvalue weighted by molar-refractivity contribution is 9.10. The Morgan fingerprint density at radius 1 is 1.19 bits per heavy atom. The molecule has 0 aromatic heterocycles. The maximum atomic E-state index is 13.2. The van der Waals surface area contributed by atoms with Gasteiger partial charge < -0.3 is 0 Å². The largest absolute Gasteiger partial charge is 0.282 e. The lowest BCUT2D eigenvalue weighted by Crippen LogP contribution is -2.40. The first kappa shape index (κ1) is 11.9. The first-order chi connectivity index (χ1) is 7.58. The van der Waals surface area contributed by atoms with Crippen molar-refractivity contribution in [2.45, 2.75) is 25.7 Å². The maximum Gasteiger partial charge on any atom is 0.282 e. The fourth-order valence-electron chi connectivity index (χ4n) is 1.91. The molecular weight excluding hydrogens is 283 g/mol. The van der Waals surface area contributed by atoms with E-state index in [-0.39, 0.29) is 6.54 Å². The molecule has 1 aliphatic heterocycles. The molecule has 1 aromatic rings. The zero-order valence-electron chi connectivity index (χ0n) is 8.47. The van der Waals surface area contributed by atoms with Crippen molar-refractivity contribution in [3.63, 3.8) is 0 Å². The SMILES string of the molecule is FC(F)C(F)N1CCc2cc(Br)ccc2C1. The summed E-state index contributed by atoms with van der Waals surface area (Å²) in [5.74, 6) is 0. The van der Waals surface area contributed by atoms with E-state index in [1.54, 1.807) is 0 Å². The van der Waals surface area contributed by atoms with Gasteiger partial charge in [0.15, 0.2) is 0 Å². The van der Waals surface area contributed by atoms with Crippen LogP contribution in [-0.2, 0) is 13.0 Å². The van der Waals surface area contributed by atoms with Crippen LogP contribution in [0.15, 0.2) is 22.7 Å². The summed E-state index contributed by atoms with van der Waals surface area (Å²) < 4.78 is 38.6. The highest BCUT2D eigenvalue weighted by atomic mass is 79.9. The van der Waals surface area contributed by atoms with Gasteiger partial charge in [-0.1, -0.05) is 22.0 Å². The van der Waals surface area contributed by atoms with Crippen LogP contribution in [0.3, 0.4) is 0 Å². The summed E-state index contributed by atoms with van der Waals surface area (Å²) in [5, 5.41) is 0. The third-order valence-electron chi connectivity index (χ3n) is 2.77. The Morgan fingerprint density at radius 2 is 1.94 bits per heavy atom. The van der Waals surface area contributed by atoms with E-state index >= 15 is 0 Å². The number of nitrogens with zero attached hydrogens (tertiary/aromatic N) is 1. The summed E-state index contributed by atoms with van der Waals surface area (Å²) in [6, 6.07) is 5.66. The van der Waals surface area contributed by atoms with Crippen molar-refractivity contribution in [2.75, 3.05) is 6.54 Å². The maximum absolute atomic E-state index is 13.2. The minimum absolute atomic E-state index is 0.258. The van der Waals surface area contributed by atoms with Gasteiger partial charge in [-0.3, -0.25) is 4.90 Å². The molecule has 1 nitrogen and oxygen atoms in total. The van der Waals surface area contributed by atoms with E-state index in [0.29, 0.717) is 13.0 Å². The molecule has 0 N–H and O–H groups in total. The van der Waals surface area contributed by atoms with E-state index in [0.717, 1.165) is 15.6 Å². The van der Waals surface area contributed by atoms with Crippen LogP contribution < -0.4 is 0 Å². The molecule has 1 unspecified atom stereocenters. The molecular formula is C11H11BrF3N. The molecule has 0 amide bonds. The minimum Gasteiger partial charge on any atom is -0.264 e. The first-order valence-electron chi connectivity index (χ1n) is 5.01. The van der Waals surface area contributed by atoms with Crippen LogP contribution in [0.4, 0.5) is 13.2 Å². The Kier molecular flexibility index (Phi) is 3.54. The molecule has 0 bridgehead atoms. The molecule has 1 heterocycles. The van der Waals surface area contributed by atoms with E-state index in [4.69, 9.17) is 0 Å². The third-order valence-corrected chi connectivity index (χ3v) is 3.26. The number of alkyl halides is 3. The van der Waals surface area contributed by atoms with Crippen molar-refractivity contribution in [1.29, 1.82) is 0 Å². The summed E-state index contributed by atoms with van der Waals surface area (Å²) in [6.45, 7) is 0.600. The monoisotopic (exact) mass is 293 g/mol. The van der Waals surface area contributed by atoms with Gasteiger partial charge in [-0.15, -0.1) is 0 Å². The summed E-state index contributed by atoms with van der Waals surface area (Å²) in [6.07, 6.45) is -4.48. The molecule has 0 saturated heterocycles. The quantitative estimate of drug-likeness (QED) is 0.756. The number of halogens is 4. The van der Waals surface area contributed by atoms with Gasteiger partial charge in [0.25, 0.3) is 6.43 Å². The van der Waals surface area contributed by atoms with Crippen LogP contribution in [0.25, 0.3) is 0 Å². The molecule has 1 aromatic carbocycles. The van der Waals surface area contributed by atoms with Gasteiger partial charge in [0.05, 0.1) is 0 Å². The molecule has 5 heteroatoms. The fraction of sp³-hybridized carbons (Fsp3) is 0.455. The highest BCUT2D eigenvalue weighted by Crippen LogP contribution is 2.25. The predicted octanol–water partition coefficient (Wildman–Crippen LogP) is 3.37. The Balaban J connectivity index is 2.15. The zero-order valence-corrected chi connectivity index (χ0v) is 10.1. The summed E-state index contributed by atoms with van der Waals surface area (Å²) in [4.78, 5) is 1.18. The highest BCUT2D eigenvalue weighted by Gasteiger charge is 2.29. The van der Waals surface area contributed by atoms with E-state index < -0.39 is 12.7 Å². The average molecular weight is 294 g/mol. The van der Waals surface area contributed by atoms with E-state index in [1.165, 1.54) is 4.90 Å². The van der Waals surface area contributed by atoms with Crippen LogP contribution in [0.2, 0.25) is 0 Å². The summed E-state index contributed by atoms with van der Waals surface area (Å²) >= 11 is 3.35. The van der Waals surface area contributed by atoms with Gasteiger partial charge in [-0.2, -0.15) is 0 Å². The van der Waals surface area contributed by atoms with Gasteiger partial charge in [-0.05, 0) is 29.7 Å². The smallest absolute Gasteiger partial charge is 0.264 e. The van der Waals surface area contributed by atoms with Crippen molar-refractivity contribution < 1.29 is 13.2 Å². The minimum atomic E-state index is -2.93. The second-order valence-electron chi connectivity index (χ2n) is 3.84. The van der Waals surface area contributed by atoms with Crippen molar-refractivity contribution >= 4 is 15.9 Å². The molecule has 0 spiro atoms. The Morgan fingerprint density at radius 3 is 2.62 bits per heavy atom. The Bertz CT molecular complexity index is 383. The van der Waals surface area contributed by atoms with E-state index in [2.05, 4.69) is 15.9 Å². The normalized spacial score (nSPS) is 18.6. The second-order valence-corrected chi connectivity index (χ2v) is 4.76. The van der Waals surface area contributed by atoms with Crippen molar-refractivity contribution in [2.24, 2.45) is 0 Å². The van der Waals surface area contributed by atoms with Gasteiger partial charge >= 0.3 is 0 Å². The molecule has 16 heavy (non-hydrogen) atoms. The molecule has 0 radical (unpaired) electrons. The van der Waals surface area contributed by atoms with E-state index in [9.17, 15) is 13.2 Å². The van der Waals surface area contributed by atoms with Crippen LogP contribution in [0, 0.1) is 0 Å². The number of hydrogen-bond acceptors (Lipinski definition) is 1. The van der Waals surface area contributed by atoms with Gasteiger partial charge in [0.1, 0.15) is 0 Å². The number of fused-ring (bicyclic) bond motifs is 1. The molecule has 88 valence electrons. The molecule has 1 aliphatic rings. The molecule has 2 rings (SSSR count). The average Bonchev–Trinajstić information content (AvgIpc) is 2.27. The van der Waals surface area contributed by atoms with Crippen molar-refractivity contribution in [3.05, 3.63) is 33.8 Å². The van der Waals surface area contributed by atoms with Crippen molar-refractivity contribution in [1.82, 2.24) is 4.90 Å². The van der Waals surface area contributed by atoms with Gasteiger partial charge in [0.2, 0.25) is 6.30 Å². The fourth-order valence-corrected chi connectivity index (χ4v) is 2.32. The number of rotatable bonds is 2. The number of hydrogen-bond donors (Lipinski definition) is 0. The predicted molar refractivity (Wildman–Crippen MR) is 59.2 cm³/mol. The van der Waals surface area contributed by atoms with Crippen LogP contribution in [0.1, 0.15) is 11.1 Å². The van der Waals surface area contributed by atoms with Gasteiger partial charge in [-0.25, -0.2) is 13.2 Å². The van der Waals surface area contributed by atoms with Crippen LogP contribution in [-0.4, -0.2) is 24.2 Å². The zero-order chi connectivity index (χ0) is 11.7. The standard InChI is InChI=1S/C11H11BrF3N/c12-9-2-1-8-6-16(11(15)10(13)14)4-3-7(8)5-9/h1-2,5,10-11H,3-4,6H2. The van der Waals surface area contributed by atoms with Crippen molar-refractivity contribution in [3.8, 4) is 0 Å². The van der Waals surface area contributed by atoms with Gasteiger partial charge in [0, 0.05) is 17.6 Å². The number of benzene rings is 1. The van der Waals surface area contributed by atoms with Crippen LogP contribution >= 0.6 is 15.9 Å². The van der Waals surface area contributed by atoms with E-state index in [1.807, 2.05) is 18.2 Å². The lowest BCUT2D eigenvalue weighted by atomic mass is 10.00. The van der Waals surface area contributed by atoms with Crippen LogP contribution in [0.5, 0.6) is 0 Å². The molecule has 0 fully saturated rings. The Hall–Kier alpha value is -0.550. The Labute approximate surface area is 100 Å². The lowest BCUT2D eigenvalue weighted by molar-refractivity contribution is -0.0549. The molecule has 1 atom stereocenters. The lowest BCUT2D eigenvalue weighted by Gasteiger charge is -2.30. The first-order valence-corrected chi connectivity index (χ1v) is 5.81. The molecule has 0 aliphatic carbocycles. The molecule has 0 saturated carbocycles. The third kappa shape index (κ3) is 2.40. The topological polar surface area (TPSA) is 3.24 Å². The summed E-state index contributed by atoms with van der Waals surface area (Å²) in [5.41, 5.74) is 2.03. The summed E-state index contributed by atoms with van der Waals surface area (Å²) in [7, 11) is 0. The second kappa shape index (κ2) is 4.75.